The Morgan fingerprint density at radius 2 is 2.29 bits per heavy atom. The summed E-state index contributed by atoms with van der Waals surface area (Å²) in [4.78, 5) is 15.3. The molecule has 1 aromatic rings. The Kier molecular flexibility index (Phi) is 3.50. The number of ether oxygens (including phenoxy) is 1. The maximum Gasteiger partial charge on any atom is 0.362 e. The minimum Gasteiger partial charge on any atom is -0.461 e. The van der Waals surface area contributed by atoms with Crippen LogP contribution in [0.1, 0.15) is 30.2 Å². The van der Waals surface area contributed by atoms with Gasteiger partial charge in [-0.25, -0.2) is 9.78 Å². The van der Waals surface area contributed by atoms with Gasteiger partial charge in [0.15, 0.2) is 5.89 Å². The quantitative estimate of drug-likeness (QED) is 0.744. The highest BCUT2D eigenvalue weighted by atomic mass is 16.5. The Morgan fingerprint density at radius 1 is 1.57 bits per heavy atom. The molecule has 0 radical (unpaired) electrons. The Morgan fingerprint density at radius 3 is 2.86 bits per heavy atom. The SMILES string of the molecule is CCNc1oc(C)nc1C(=O)OCC. The van der Waals surface area contributed by atoms with E-state index in [4.69, 9.17) is 9.15 Å². The summed E-state index contributed by atoms with van der Waals surface area (Å²) in [6.07, 6.45) is 0. The number of hydrogen-bond acceptors (Lipinski definition) is 5. The summed E-state index contributed by atoms with van der Waals surface area (Å²) in [5.41, 5.74) is 0.214. The zero-order valence-electron chi connectivity index (χ0n) is 8.59. The van der Waals surface area contributed by atoms with Crippen molar-refractivity contribution in [2.24, 2.45) is 0 Å². The lowest BCUT2D eigenvalue weighted by molar-refractivity contribution is 0.0521. The predicted octanol–water partition coefficient (Wildman–Crippen LogP) is 1.59. The number of aryl methyl sites for hydroxylation is 1. The highest BCUT2D eigenvalue weighted by Crippen LogP contribution is 2.17. The van der Waals surface area contributed by atoms with Crippen molar-refractivity contribution < 1.29 is 13.9 Å². The minimum atomic E-state index is -0.458. The predicted molar refractivity (Wildman–Crippen MR) is 51.4 cm³/mol. The van der Waals surface area contributed by atoms with Crippen molar-refractivity contribution in [1.82, 2.24) is 4.98 Å². The van der Waals surface area contributed by atoms with Gasteiger partial charge in [0.25, 0.3) is 0 Å². The van der Waals surface area contributed by atoms with Crippen molar-refractivity contribution in [3.05, 3.63) is 11.6 Å². The molecule has 0 bridgehead atoms. The zero-order chi connectivity index (χ0) is 10.6. The summed E-state index contributed by atoms with van der Waals surface area (Å²) in [7, 11) is 0. The second-order valence-corrected chi connectivity index (χ2v) is 2.66. The molecule has 0 aromatic carbocycles. The van der Waals surface area contributed by atoms with Gasteiger partial charge in [0.2, 0.25) is 11.6 Å². The summed E-state index contributed by atoms with van der Waals surface area (Å²) >= 11 is 0. The lowest BCUT2D eigenvalue weighted by Gasteiger charge is -2.00. The molecule has 0 atom stereocenters. The number of hydrogen-bond donors (Lipinski definition) is 1. The molecule has 0 aliphatic heterocycles. The Bertz CT molecular complexity index is 320. The Balaban J connectivity index is 2.88. The van der Waals surface area contributed by atoms with Gasteiger partial charge in [-0.3, -0.25) is 0 Å². The van der Waals surface area contributed by atoms with Crippen LogP contribution in [0.4, 0.5) is 5.88 Å². The van der Waals surface area contributed by atoms with E-state index in [9.17, 15) is 4.79 Å². The van der Waals surface area contributed by atoms with Gasteiger partial charge in [0.05, 0.1) is 6.61 Å². The fraction of sp³-hybridized carbons (Fsp3) is 0.556. The maximum atomic E-state index is 11.4. The molecule has 1 rings (SSSR count). The third-order valence-electron chi connectivity index (χ3n) is 1.54. The minimum absolute atomic E-state index is 0.214. The van der Waals surface area contributed by atoms with Gasteiger partial charge in [-0.15, -0.1) is 0 Å². The van der Waals surface area contributed by atoms with E-state index in [1.165, 1.54) is 0 Å². The van der Waals surface area contributed by atoms with Crippen molar-refractivity contribution >= 4 is 11.9 Å². The first-order chi connectivity index (χ1) is 6.69. The van der Waals surface area contributed by atoms with Crippen molar-refractivity contribution in [3.8, 4) is 0 Å². The van der Waals surface area contributed by atoms with Crippen LogP contribution < -0.4 is 5.32 Å². The van der Waals surface area contributed by atoms with Crippen molar-refractivity contribution in [1.29, 1.82) is 0 Å². The number of nitrogens with zero attached hydrogens (tertiary/aromatic N) is 1. The Hall–Kier alpha value is -1.52. The first kappa shape index (κ1) is 10.6. The normalized spacial score (nSPS) is 9.93. The Labute approximate surface area is 82.5 Å². The highest BCUT2D eigenvalue weighted by Gasteiger charge is 2.18. The molecule has 0 saturated carbocycles. The summed E-state index contributed by atoms with van der Waals surface area (Å²) in [6, 6.07) is 0. The fourth-order valence-corrected chi connectivity index (χ4v) is 1.05. The van der Waals surface area contributed by atoms with E-state index < -0.39 is 5.97 Å². The average Bonchev–Trinajstić information content (AvgIpc) is 2.48. The molecule has 0 fully saturated rings. The molecular weight excluding hydrogens is 184 g/mol. The van der Waals surface area contributed by atoms with Crippen LogP contribution in [0.5, 0.6) is 0 Å². The second-order valence-electron chi connectivity index (χ2n) is 2.66. The van der Waals surface area contributed by atoms with E-state index in [1.54, 1.807) is 13.8 Å². The van der Waals surface area contributed by atoms with Crippen molar-refractivity contribution in [2.45, 2.75) is 20.8 Å². The number of esters is 1. The zero-order valence-corrected chi connectivity index (χ0v) is 8.59. The van der Waals surface area contributed by atoms with Crippen LogP contribution in [0.15, 0.2) is 4.42 Å². The van der Waals surface area contributed by atoms with Gasteiger partial charge in [-0.05, 0) is 13.8 Å². The van der Waals surface area contributed by atoms with Gasteiger partial charge in [0.1, 0.15) is 0 Å². The average molecular weight is 198 g/mol. The monoisotopic (exact) mass is 198 g/mol. The summed E-state index contributed by atoms with van der Waals surface area (Å²) in [5.74, 6) is 0.368. The number of nitrogens with one attached hydrogen (secondary N) is 1. The van der Waals surface area contributed by atoms with Crippen molar-refractivity contribution in [3.63, 3.8) is 0 Å². The molecular formula is C9H14N2O3. The molecule has 1 aromatic heterocycles. The third-order valence-corrected chi connectivity index (χ3v) is 1.54. The largest absolute Gasteiger partial charge is 0.461 e. The van der Waals surface area contributed by atoms with Crippen LogP contribution in [-0.2, 0) is 4.74 Å². The summed E-state index contributed by atoms with van der Waals surface area (Å²) in [6.45, 7) is 6.34. The first-order valence-corrected chi connectivity index (χ1v) is 4.57. The molecule has 0 saturated heterocycles. The molecule has 0 unspecified atom stereocenters. The van der Waals surface area contributed by atoms with E-state index >= 15 is 0 Å². The number of carbonyl (C=O) groups excluding carboxylic acids is 1. The first-order valence-electron chi connectivity index (χ1n) is 4.57. The number of anilines is 1. The van der Waals surface area contributed by atoms with Crippen LogP contribution in [0.2, 0.25) is 0 Å². The molecule has 0 aliphatic rings. The van der Waals surface area contributed by atoms with Gasteiger partial charge >= 0.3 is 5.97 Å². The van der Waals surface area contributed by atoms with Gasteiger partial charge in [-0.2, -0.15) is 0 Å². The lowest BCUT2D eigenvalue weighted by Crippen LogP contribution is -2.09. The van der Waals surface area contributed by atoms with E-state index in [2.05, 4.69) is 10.3 Å². The van der Waals surface area contributed by atoms with Crippen LogP contribution in [0.3, 0.4) is 0 Å². The van der Waals surface area contributed by atoms with E-state index in [0.29, 0.717) is 24.9 Å². The molecule has 0 amide bonds. The molecule has 14 heavy (non-hydrogen) atoms. The van der Waals surface area contributed by atoms with Crippen LogP contribution in [0, 0.1) is 6.92 Å². The van der Waals surface area contributed by atoms with Crippen molar-refractivity contribution in [2.75, 3.05) is 18.5 Å². The fourth-order valence-electron chi connectivity index (χ4n) is 1.05. The van der Waals surface area contributed by atoms with Gasteiger partial charge < -0.3 is 14.5 Å². The van der Waals surface area contributed by atoms with Crippen LogP contribution in [0.25, 0.3) is 0 Å². The molecule has 0 spiro atoms. The standard InChI is InChI=1S/C9H14N2O3/c1-4-10-8-7(9(12)13-5-2)11-6(3)14-8/h10H,4-5H2,1-3H3. The van der Waals surface area contributed by atoms with Gasteiger partial charge in [-0.1, -0.05) is 0 Å². The molecule has 0 aliphatic carbocycles. The van der Waals surface area contributed by atoms with Crippen LogP contribution in [-0.4, -0.2) is 24.1 Å². The topological polar surface area (TPSA) is 64.4 Å². The third kappa shape index (κ3) is 2.25. The molecule has 1 N–H and O–H groups in total. The molecule has 1 heterocycles. The number of oxazole rings is 1. The van der Waals surface area contributed by atoms with E-state index in [-0.39, 0.29) is 5.69 Å². The van der Waals surface area contributed by atoms with E-state index in [1.807, 2.05) is 6.92 Å². The molecule has 5 nitrogen and oxygen atoms in total. The number of rotatable bonds is 4. The molecule has 5 heteroatoms. The van der Waals surface area contributed by atoms with E-state index in [0.717, 1.165) is 0 Å². The maximum absolute atomic E-state index is 11.4. The second kappa shape index (κ2) is 4.64. The summed E-state index contributed by atoms with van der Waals surface area (Å²) < 4.78 is 10.0. The van der Waals surface area contributed by atoms with Gasteiger partial charge in [0, 0.05) is 13.5 Å². The molecule has 78 valence electrons. The highest BCUT2D eigenvalue weighted by molar-refractivity contribution is 5.92. The smallest absolute Gasteiger partial charge is 0.362 e. The summed E-state index contributed by atoms with van der Waals surface area (Å²) in [5, 5.41) is 2.91. The lowest BCUT2D eigenvalue weighted by atomic mass is 10.4. The number of carbonyl (C=O) groups is 1. The number of aromatic nitrogens is 1. The van der Waals surface area contributed by atoms with Crippen LogP contribution >= 0.6 is 0 Å².